The number of carbonyl (C=O) groups excluding carboxylic acids is 1. The van der Waals surface area contributed by atoms with Crippen molar-refractivity contribution in [3.05, 3.63) is 35.6 Å². The second-order valence-electron chi connectivity index (χ2n) is 5.41. The molecule has 0 aromatic heterocycles. The van der Waals surface area contributed by atoms with E-state index in [9.17, 15) is 9.18 Å². The van der Waals surface area contributed by atoms with Gasteiger partial charge in [0.2, 0.25) is 0 Å². The standard InChI is InChI=1S/C14H18FN3O/c15-12-4-2-1-3-11(12)9-18-10-14(17-13(18)19)5-7-16-8-6-14/h1-4,16H,5-10H2,(H,17,19). The molecule has 0 radical (unpaired) electrons. The summed E-state index contributed by atoms with van der Waals surface area (Å²) in [5.41, 5.74) is 0.455. The van der Waals surface area contributed by atoms with Crippen LogP contribution in [0.2, 0.25) is 0 Å². The predicted molar refractivity (Wildman–Crippen MR) is 70.2 cm³/mol. The topological polar surface area (TPSA) is 44.4 Å². The largest absolute Gasteiger partial charge is 0.331 e. The molecule has 2 heterocycles. The van der Waals surface area contributed by atoms with Gasteiger partial charge in [-0.2, -0.15) is 0 Å². The zero-order chi connectivity index (χ0) is 13.3. The van der Waals surface area contributed by atoms with Gasteiger partial charge in [-0.25, -0.2) is 9.18 Å². The number of amides is 2. The maximum absolute atomic E-state index is 13.6. The van der Waals surface area contributed by atoms with Crippen LogP contribution in [0, 0.1) is 5.82 Å². The Morgan fingerprint density at radius 1 is 1.26 bits per heavy atom. The molecule has 1 aromatic carbocycles. The van der Waals surface area contributed by atoms with Crippen LogP contribution >= 0.6 is 0 Å². The first-order valence-electron chi connectivity index (χ1n) is 6.70. The van der Waals surface area contributed by atoms with Crippen molar-refractivity contribution in [3.63, 3.8) is 0 Å². The molecule has 0 aliphatic carbocycles. The van der Waals surface area contributed by atoms with Gasteiger partial charge in [-0.1, -0.05) is 18.2 Å². The molecule has 1 spiro atoms. The molecule has 2 fully saturated rings. The van der Waals surface area contributed by atoms with Crippen molar-refractivity contribution in [2.45, 2.75) is 24.9 Å². The minimum Gasteiger partial charge on any atom is -0.331 e. The lowest BCUT2D eigenvalue weighted by Gasteiger charge is -2.33. The van der Waals surface area contributed by atoms with E-state index >= 15 is 0 Å². The van der Waals surface area contributed by atoms with Gasteiger partial charge in [0.05, 0.1) is 12.1 Å². The highest BCUT2D eigenvalue weighted by Gasteiger charge is 2.42. The highest BCUT2D eigenvalue weighted by molar-refractivity contribution is 5.78. The molecule has 0 bridgehead atoms. The molecule has 2 aliphatic heterocycles. The zero-order valence-corrected chi connectivity index (χ0v) is 10.8. The summed E-state index contributed by atoms with van der Waals surface area (Å²) in [7, 11) is 0. The third-order valence-electron chi connectivity index (χ3n) is 4.03. The molecule has 0 atom stereocenters. The molecule has 4 nitrogen and oxygen atoms in total. The summed E-state index contributed by atoms with van der Waals surface area (Å²) in [4.78, 5) is 13.7. The van der Waals surface area contributed by atoms with Crippen molar-refractivity contribution in [2.24, 2.45) is 0 Å². The van der Waals surface area contributed by atoms with Crippen molar-refractivity contribution in [2.75, 3.05) is 19.6 Å². The Balaban J connectivity index is 1.72. The van der Waals surface area contributed by atoms with Gasteiger partial charge in [-0.15, -0.1) is 0 Å². The van der Waals surface area contributed by atoms with Gasteiger partial charge in [0.25, 0.3) is 0 Å². The van der Waals surface area contributed by atoms with Crippen LogP contribution in [0.25, 0.3) is 0 Å². The number of nitrogens with zero attached hydrogens (tertiary/aromatic N) is 1. The highest BCUT2D eigenvalue weighted by atomic mass is 19.1. The number of benzene rings is 1. The monoisotopic (exact) mass is 263 g/mol. The molecule has 2 amide bonds. The van der Waals surface area contributed by atoms with Gasteiger partial charge in [0.15, 0.2) is 0 Å². The van der Waals surface area contributed by atoms with E-state index in [1.54, 1.807) is 23.1 Å². The van der Waals surface area contributed by atoms with E-state index in [-0.39, 0.29) is 17.4 Å². The molecule has 102 valence electrons. The summed E-state index contributed by atoms with van der Waals surface area (Å²) < 4.78 is 13.6. The lowest BCUT2D eigenvalue weighted by molar-refractivity contribution is 0.214. The van der Waals surface area contributed by atoms with E-state index in [1.807, 2.05) is 0 Å². The lowest BCUT2D eigenvalue weighted by Crippen LogP contribution is -2.51. The van der Waals surface area contributed by atoms with Gasteiger partial charge >= 0.3 is 6.03 Å². The second-order valence-corrected chi connectivity index (χ2v) is 5.41. The number of urea groups is 1. The van der Waals surface area contributed by atoms with E-state index < -0.39 is 0 Å². The molecule has 2 aliphatic rings. The van der Waals surface area contributed by atoms with Crippen LogP contribution < -0.4 is 10.6 Å². The average molecular weight is 263 g/mol. The Kier molecular flexibility index (Phi) is 3.14. The third kappa shape index (κ3) is 2.42. The molecule has 1 aromatic rings. The van der Waals surface area contributed by atoms with Gasteiger partial charge in [0, 0.05) is 12.1 Å². The number of piperidine rings is 1. The Morgan fingerprint density at radius 3 is 2.74 bits per heavy atom. The maximum atomic E-state index is 13.6. The van der Waals surface area contributed by atoms with E-state index in [1.165, 1.54) is 6.07 Å². The van der Waals surface area contributed by atoms with Crippen LogP contribution in [0.1, 0.15) is 18.4 Å². The summed E-state index contributed by atoms with van der Waals surface area (Å²) in [6.07, 6.45) is 1.87. The average Bonchev–Trinajstić information content (AvgIpc) is 2.69. The number of hydrogen-bond acceptors (Lipinski definition) is 2. The van der Waals surface area contributed by atoms with Crippen LogP contribution in [-0.2, 0) is 6.54 Å². The molecule has 2 N–H and O–H groups in total. The SMILES string of the molecule is O=C1NC2(CCNCC2)CN1Cc1ccccc1F. The van der Waals surface area contributed by atoms with E-state index in [4.69, 9.17) is 0 Å². The van der Waals surface area contributed by atoms with Crippen LogP contribution in [0.15, 0.2) is 24.3 Å². The van der Waals surface area contributed by atoms with Crippen molar-refractivity contribution in [1.82, 2.24) is 15.5 Å². The molecular weight excluding hydrogens is 245 g/mol. The van der Waals surface area contributed by atoms with E-state index in [0.717, 1.165) is 25.9 Å². The quantitative estimate of drug-likeness (QED) is 0.848. The smallest absolute Gasteiger partial charge is 0.318 e. The Labute approximate surface area is 112 Å². The minimum absolute atomic E-state index is 0.0786. The lowest BCUT2D eigenvalue weighted by atomic mass is 9.89. The van der Waals surface area contributed by atoms with Gasteiger partial charge in [0.1, 0.15) is 5.82 Å². The number of carbonyl (C=O) groups is 1. The molecule has 3 rings (SSSR count). The fourth-order valence-corrected chi connectivity index (χ4v) is 2.93. The second kappa shape index (κ2) is 4.81. The maximum Gasteiger partial charge on any atom is 0.318 e. The van der Waals surface area contributed by atoms with Gasteiger partial charge in [-0.05, 0) is 32.0 Å². The Bertz CT molecular complexity index is 485. The number of nitrogens with one attached hydrogen (secondary N) is 2. The summed E-state index contributed by atoms with van der Waals surface area (Å²) in [5, 5.41) is 6.38. The summed E-state index contributed by atoms with van der Waals surface area (Å²) >= 11 is 0. The Morgan fingerprint density at radius 2 is 2.00 bits per heavy atom. The first-order valence-corrected chi connectivity index (χ1v) is 6.70. The number of halogens is 1. The first kappa shape index (κ1) is 12.4. The first-order chi connectivity index (χ1) is 9.19. The van der Waals surface area contributed by atoms with E-state index in [0.29, 0.717) is 18.7 Å². The van der Waals surface area contributed by atoms with Gasteiger partial charge < -0.3 is 15.5 Å². The molecule has 5 heteroatoms. The van der Waals surface area contributed by atoms with Crippen LogP contribution in [0.3, 0.4) is 0 Å². The molecule has 0 unspecified atom stereocenters. The van der Waals surface area contributed by atoms with Crippen molar-refractivity contribution < 1.29 is 9.18 Å². The van der Waals surface area contributed by atoms with Crippen LogP contribution in [-0.4, -0.2) is 36.1 Å². The number of hydrogen-bond donors (Lipinski definition) is 2. The molecular formula is C14H18FN3O. The normalized spacial score (nSPS) is 21.7. The summed E-state index contributed by atoms with van der Waals surface area (Å²) in [5.74, 6) is -0.249. The highest BCUT2D eigenvalue weighted by Crippen LogP contribution is 2.26. The third-order valence-corrected chi connectivity index (χ3v) is 4.03. The van der Waals surface area contributed by atoms with Gasteiger partial charge in [-0.3, -0.25) is 0 Å². The minimum atomic E-state index is -0.249. The zero-order valence-electron chi connectivity index (χ0n) is 10.8. The molecule has 19 heavy (non-hydrogen) atoms. The Hall–Kier alpha value is -1.62. The van der Waals surface area contributed by atoms with Crippen molar-refractivity contribution in [1.29, 1.82) is 0 Å². The summed E-state index contributed by atoms with van der Waals surface area (Å²) in [6.45, 7) is 2.86. The van der Waals surface area contributed by atoms with Crippen molar-refractivity contribution in [3.8, 4) is 0 Å². The fraction of sp³-hybridized carbons (Fsp3) is 0.500. The number of rotatable bonds is 2. The summed E-state index contributed by atoms with van der Waals surface area (Å²) in [6, 6.07) is 6.55. The van der Waals surface area contributed by atoms with E-state index in [2.05, 4.69) is 10.6 Å². The fourth-order valence-electron chi connectivity index (χ4n) is 2.93. The van der Waals surface area contributed by atoms with Crippen LogP contribution in [0.5, 0.6) is 0 Å². The van der Waals surface area contributed by atoms with Crippen LogP contribution in [0.4, 0.5) is 9.18 Å². The molecule has 2 saturated heterocycles. The predicted octanol–water partition coefficient (Wildman–Crippen LogP) is 1.47. The molecule has 0 saturated carbocycles. The van der Waals surface area contributed by atoms with Crippen molar-refractivity contribution >= 4 is 6.03 Å².